The molecule has 0 saturated heterocycles. The van der Waals surface area contributed by atoms with Crippen LogP contribution in [0.2, 0.25) is 0 Å². The van der Waals surface area contributed by atoms with Crippen LogP contribution in [0, 0.1) is 0 Å². The van der Waals surface area contributed by atoms with Gasteiger partial charge in [0.1, 0.15) is 0 Å². The van der Waals surface area contributed by atoms with E-state index in [9.17, 15) is 5.11 Å². The summed E-state index contributed by atoms with van der Waals surface area (Å²) in [6.45, 7) is 6.67. The molecular formula is C9H21NO2. The van der Waals surface area contributed by atoms with Crippen molar-refractivity contribution in [3.8, 4) is 0 Å². The van der Waals surface area contributed by atoms with Gasteiger partial charge in [-0.05, 0) is 20.3 Å². The third-order valence-electron chi connectivity index (χ3n) is 1.73. The zero-order valence-corrected chi connectivity index (χ0v) is 8.30. The molecule has 3 nitrogen and oxygen atoms in total. The highest BCUT2D eigenvalue weighted by Crippen LogP contribution is 2.09. The molecule has 0 saturated carbocycles. The molecular weight excluding hydrogens is 154 g/mol. The summed E-state index contributed by atoms with van der Waals surface area (Å²) >= 11 is 0. The molecule has 0 aliphatic heterocycles. The first-order valence-electron chi connectivity index (χ1n) is 4.59. The van der Waals surface area contributed by atoms with Crippen molar-refractivity contribution in [2.75, 3.05) is 13.1 Å². The van der Waals surface area contributed by atoms with Crippen LogP contribution in [0.3, 0.4) is 0 Å². The molecule has 0 aliphatic carbocycles. The summed E-state index contributed by atoms with van der Waals surface area (Å²) in [6, 6.07) is 0. The van der Waals surface area contributed by atoms with Gasteiger partial charge in [0.2, 0.25) is 0 Å². The van der Waals surface area contributed by atoms with E-state index in [0.29, 0.717) is 13.1 Å². The lowest BCUT2D eigenvalue weighted by Crippen LogP contribution is -2.40. The highest BCUT2D eigenvalue weighted by Gasteiger charge is 2.17. The van der Waals surface area contributed by atoms with Gasteiger partial charge in [-0.3, -0.25) is 0 Å². The average molecular weight is 175 g/mol. The first-order valence-corrected chi connectivity index (χ1v) is 4.59. The summed E-state index contributed by atoms with van der Waals surface area (Å²) in [5.74, 6) is 0. The Balaban J connectivity index is 3.46. The Kier molecular flexibility index (Phi) is 5.46. The van der Waals surface area contributed by atoms with E-state index >= 15 is 0 Å². The molecule has 0 amide bonds. The molecule has 3 N–H and O–H groups in total. The third kappa shape index (κ3) is 6.58. The Morgan fingerprint density at radius 1 is 1.50 bits per heavy atom. The quantitative estimate of drug-likeness (QED) is 0.551. The van der Waals surface area contributed by atoms with Gasteiger partial charge in [0.05, 0.1) is 11.7 Å². The van der Waals surface area contributed by atoms with Crippen molar-refractivity contribution in [2.45, 2.75) is 45.3 Å². The van der Waals surface area contributed by atoms with Crippen molar-refractivity contribution in [2.24, 2.45) is 0 Å². The topological polar surface area (TPSA) is 52.5 Å². The zero-order chi connectivity index (χ0) is 9.61. The van der Waals surface area contributed by atoms with Crippen LogP contribution in [0.1, 0.15) is 33.6 Å². The van der Waals surface area contributed by atoms with Gasteiger partial charge in [-0.25, -0.2) is 0 Å². The second-order valence-electron chi connectivity index (χ2n) is 3.73. The van der Waals surface area contributed by atoms with Crippen LogP contribution in [-0.4, -0.2) is 35.0 Å². The molecule has 0 aromatic carbocycles. The second kappa shape index (κ2) is 5.51. The number of nitrogens with one attached hydrogen (secondary N) is 1. The first kappa shape index (κ1) is 11.9. The minimum atomic E-state index is -0.635. The Labute approximate surface area is 74.8 Å². The van der Waals surface area contributed by atoms with Crippen LogP contribution in [0.15, 0.2) is 0 Å². The highest BCUT2D eigenvalue weighted by atomic mass is 16.3. The van der Waals surface area contributed by atoms with Gasteiger partial charge in [-0.15, -0.1) is 0 Å². The van der Waals surface area contributed by atoms with E-state index in [2.05, 4.69) is 5.32 Å². The zero-order valence-electron chi connectivity index (χ0n) is 8.30. The van der Waals surface area contributed by atoms with Gasteiger partial charge in [0, 0.05) is 13.1 Å². The van der Waals surface area contributed by atoms with Crippen molar-refractivity contribution >= 4 is 0 Å². The van der Waals surface area contributed by atoms with Gasteiger partial charge in [0.15, 0.2) is 0 Å². The van der Waals surface area contributed by atoms with E-state index in [0.717, 1.165) is 12.8 Å². The molecule has 0 spiro atoms. The maximum absolute atomic E-state index is 9.68. The molecule has 12 heavy (non-hydrogen) atoms. The van der Waals surface area contributed by atoms with Crippen molar-refractivity contribution in [3.05, 3.63) is 0 Å². The monoisotopic (exact) mass is 175 g/mol. The summed E-state index contributed by atoms with van der Waals surface area (Å²) in [6.07, 6.45) is 1.42. The fourth-order valence-electron chi connectivity index (χ4n) is 1.18. The fraction of sp³-hybridized carbons (Fsp3) is 1.00. The van der Waals surface area contributed by atoms with Crippen molar-refractivity contribution in [1.82, 2.24) is 5.32 Å². The maximum Gasteiger partial charge on any atom is 0.0743 e. The maximum atomic E-state index is 9.68. The number of hydrogen-bond acceptors (Lipinski definition) is 3. The Morgan fingerprint density at radius 3 is 2.50 bits per heavy atom. The number of hydrogen-bond donors (Lipinski definition) is 3. The number of aliphatic hydroxyl groups excluding tert-OH is 1. The van der Waals surface area contributed by atoms with Crippen LogP contribution in [0.25, 0.3) is 0 Å². The van der Waals surface area contributed by atoms with Gasteiger partial charge in [0.25, 0.3) is 0 Å². The molecule has 0 aromatic rings. The van der Waals surface area contributed by atoms with Crippen molar-refractivity contribution in [3.63, 3.8) is 0 Å². The Bertz CT molecular complexity index is 113. The van der Waals surface area contributed by atoms with E-state index in [1.807, 2.05) is 13.8 Å². The molecule has 0 aliphatic rings. The molecule has 0 rings (SSSR count). The van der Waals surface area contributed by atoms with Gasteiger partial charge in [-0.1, -0.05) is 13.3 Å². The van der Waals surface area contributed by atoms with Gasteiger partial charge < -0.3 is 15.5 Å². The van der Waals surface area contributed by atoms with E-state index in [-0.39, 0.29) is 6.10 Å². The third-order valence-corrected chi connectivity index (χ3v) is 1.73. The smallest absolute Gasteiger partial charge is 0.0743 e. The van der Waals surface area contributed by atoms with Gasteiger partial charge >= 0.3 is 0 Å². The molecule has 74 valence electrons. The summed E-state index contributed by atoms with van der Waals surface area (Å²) in [4.78, 5) is 0. The van der Waals surface area contributed by atoms with Gasteiger partial charge in [-0.2, -0.15) is 0 Å². The standard InChI is InChI=1S/C9H21NO2/c1-4-5-9(3,12)7-10-6-8(2)11/h8,10-12H,4-7H2,1-3H3/t8-,9?/m1/s1. The molecule has 0 heterocycles. The summed E-state index contributed by atoms with van der Waals surface area (Å²) in [7, 11) is 0. The summed E-state index contributed by atoms with van der Waals surface area (Å²) in [5.41, 5.74) is -0.635. The molecule has 0 bridgehead atoms. The molecule has 0 aromatic heterocycles. The van der Waals surface area contributed by atoms with Crippen molar-refractivity contribution < 1.29 is 10.2 Å². The largest absolute Gasteiger partial charge is 0.392 e. The van der Waals surface area contributed by atoms with Crippen molar-refractivity contribution in [1.29, 1.82) is 0 Å². The predicted octanol–water partition coefficient (Wildman–Crippen LogP) is 0.508. The lowest BCUT2D eigenvalue weighted by Gasteiger charge is -2.23. The van der Waals surface area contributed by atoms with Crippen LogP contribution in [0.4, 0.5) is 0 Å². The molecule has 0 radical (unpaired) electrons. The lowest BCUT2D eigenvalue weighted by molar-refractivity contribution is 0.0469. The van der Waals surface area contributed by atoms with Crippen LogP contribution >= 0.6 is 0 Å². The van der Waals surface area contributed by atoms with E-state index in [4.69, 9.17) is 5.11 Å². The Morgan fingerprint density at radius 2 is 2.08 bits per heavy atom. The summed E-state index contributed by atoms with van der Waals surface area (Å²) < 4.78 is 0. The van der Waals surface area contributed by atoms with Crippen LogP contribution in [-0.2, 0) is 0 Å². The molecule has 0 fully saturated rings. The fourth-order valence-corrected chi connectivity index (χ4v) is 1.18. The number of rotatable bonds is 6. The van der Waals surface area contributed by atoms with Crippen LogP contribution in [0.5, 0.6) is 0 Å². The summed E-state index contributed by atoms with van der Waals surface area (Å²) in [5, 5.41) is 21.6. The SMILES string of the molecule is CCCC(C)(O)CNC[C@@H](C)O. The highest BCUT2D eigenvalue weighted by molar-refractivity contribution is 4.74. The normalized spacial score (nSPS) is 18.8. The van der Waals surface area contributed by atoms with Crippen LogP contribution < -0.4 is 5.32 Å². The average Bonchev–Trinajstić information content (AvgIpc) is 1.85. The lowest BCUT2D eigenvalue weighted by atomic mass is 10.0. The number of aliphatic hydroxyl groups is 2. The van der Waals surface area contributed by atoms with E-state index in [1.54, 1.807) is 6.92 Å². The Hall–Kier alpha value is -0.120. The van der Waals surface area contributed by atoms with E-state index < -0.39 is 5.60 Å². The predicted molar refractivity (Wildman–Crippen MR) is 50.1 cm³/mol. The van der Waals surface area contributed by atoms with E-state index in [1.165, 1.54) is 0 Å². The molecule has 3 heteroatoms. The molecule has 2 atom stereocenters. The minimum absolute atomic E-state index is 0.345. The molecule has 1 unspecified atom stereocenters. The minimum Gasteiger partial charge on any atom is -0.392 e. The first-order chi connectivity index (χ1) is 5.48. The second-order valence-corrected chi connectivity index (χ2v) is 3.73.